The number of methoxy groups -OCH3 is 3. The molecule has 0 bridgehead atoms. The van der Waals surface area contributed by atoms with E-state index >= 15 is 0 Å². The van der Waals surface area contributed by atoms with Gasteiger partial charge in [-0.1, -0.05) is 49.7 Å². The topological polar surface area (TPSA) is 133 Å². The second-order valence-corrected chi connectivity index (χ2v) is 16.7. The Labute approximate surface area is 393 Å². The highest BCUT2D eigenvalue weighted by Crippen LogP contribution is 2.42. The zero-order valence-electron chi connectivity index (χ0n) is 39.0. The van der Waals surface area contributed by atoms with Crippen LogP contribution in [0.3, 0.4) is 0 Å². The number of ether oxygens (including phenoxy) is 7. The molecule has 3 aliphatic heterocycles. The number of para-hydroxylation sites is 2. The Morgan fingerprint density at radius 1 is 0.776 bits per heavy atom. The molecule has 0 aromatic heterocycles. The molecule has 0 radical (unpaired) electrons. The van der Waals surface area contributed by atoms with Crippen LogP contribution in [-0.4, -0.2) is 105 Å². The Balaban J connectivity index is 1.05. The number of carbonyl (C=O) groups excluding carboxylic acids is 2. The fourth-order valence-electron chi connectivity index (χ4n) is 9.00. The SMILES string of the molecule is C=Nc1cc(OCc2cc(COc3cc4c(cc3OC)C(=O)N3c5ccccc5CC3CN4)cc(N(CCCC)CCOCCOCCOC)c2)c(OC)cc1C(=O)N1CCc2ccccc21. The average molecular weight is 912 g/mol. The van der Waals surface area contributed by atoms with Gasteiger partial charge in [-0.25, -0.2) is 0 Å². The molecule has 67 heavy (non-hydrogen) atoms. The molecule has 0 aliphatic carbocycles. The van der Waals surface area contributed by atoms with E-state index in [-0.39, 0.29) is 31.1 Å². The summed E-state index contributed by atoms with van der Waals surface area (Å²) >= 11 is 0. The minimum atomic E-state index is -0.177. The summed E-state index contributed by atoms with van der Waals surface area (Å²) < 4.78 is 41.5. The normalized spacial score (nSPS) is 14.6. The number of hydrogen-bond donors (Lipinski definition) is 1. The van der Waals surface area contributed by atoms with Crippen LogP contribution in [0.4, 0.5) is 28.4 Å². The molecule has 352 valence electrons. The number of rotatable bonds is 23. The van der Waals surface area contributed by atoms with Crippen LogP contribution in [0.25, 0.3) is 0 Å². The number of amides is 2. The van der Waals surface area contributed by atoms with Crippen molar-refractivity contribution >= 4 is 47.0 Å². The lowest BCUT2D eigenvalue weighted by atomic mass is 10.1. The Morgan fingerprint density at radius 2 is 1.45 bits per heavy atom. The van der Waals surface area contributed by atoms with Crippen molar-refractivity contribution in [3.8, 4) is 23.0 Å². The van der Waals surface area contributed by atoms with Gasteiger partial charge in [0.1, 0.15) is 13.2 Å². The van der Waals surface area contributed by atoms with Gasteiger partial charge in [-0.15, -0.1) is 0 Å². The zero-order valence-corrected chi connectivity index (χ0v) is 39.0. The largest absolute Gasteiger partial charge is 0.493 e. The highest BCUT2D eigenvalue weighted by Gasteiger charge is 2.38. The summed E-state index contributed by atoms with van der Waals surface area (Å²) in [4.78, 5) is 38.4. The van der Waals surface area contributed by atoms with E-state index in [0.29, 0.717) is 98.2 Å². The van der Waals surface area contributed by atoms with Crippen LogP contribution in [0.2, 0.25) is 0 Å². The first-order valence-corrected chi connectivity index (χ1v) is 23.1. The molecule has 14 heteroatoms. The predicted molar refractivity (Wildman–Crippen MR) is 262 cm³/mol. The molecule has 0 spiro atoms. The van der Waals surface area contributed by atoms with Crippen LogP contribution >= 0.6 is 0 Å². The van der Waals surface area contributed by atoms with Gasteiger partial charge >= 0.3 is 0 Å². The quantitative estimate of drug-likeness (QED) is 0.0499. The maximum absolute atomic E-state index is 14.1. The smallest absolute Gasteiger partial charge is 0.260 e. The van der Waals surface area contributed by atoms with Crippen molar-refractivity contribution in [3.63, 3.8) is 0 Å². The van der Waals surface area contributed by atoms with Crippen molar-refractivity contribution in [2.24, 2.45) is 4.99 Å². The minimum absolute atomic E-state index is 0.000512. The molecule has 1 N–H and O–H groups in total. The number of hydrogen-bond acceptors (Lipinski definition) is 12. The van der Waals surface area contributed by atoms with E-state index in [1.165, 1.54) is 5.56 Å². The lowest BCUT2D eigenvalue weighted by Gasteiger charge is -2.26. The summed E-state index contributed by atoms with van der Waals surface area (Å²) in [6.45, 7) is 11.5. The molecule has 1 unspecified atom stereocenters. The highest BCUT2D eigenvalue weighted by molar-refractivity contribution is 6.12. The Bertz CT molecular complexity index is 2550. The van der Waals surface area contributed by atoms with Crippen molar-refractivity contribution in [2.45, 2.75) is 51.9 Å². The van der Waals surface area contributed by atoms with Crippen molar-refractivity contribution in [2.75, 3.05) is 101 Å². The molecular formula is C53H61N5O9. The van der Waals surface area contributed by atoms with Gasteiger partial charge in [0.05, 0.1) is 75.8 Å². The third-order valence-electron chi connectivity index (χ3n) is 12.5. The van der Waals surface area contributed by atoms with Gasteiger partial charge in [-0.05, 0) is 90.7 Å². The molecule has 0 saturated carbocycles. The molecule has 0 fully saturated rings. The lowest BCUT2D eigenvalue weighted by Crippen LogP contribution is -2.39. The van der Waals surface area contributed by atoms with Crippen LogP contribution < -0.4 is 39.0 Å². The average Bonchev–Trinajstić information content (AvgIpc) is 3.93. The summed E-state index contributed by atoms with van der Waals surface area (Å²) in [5, 5.41) is 3.53. The molecule has 3 heterocycles. The molecule has 3 aliphatic rings. The third-order valence-corrected chi connectivity index (χ3v) is 12.5. The number of anilines is 4. The van der Waals surface area contributed by atoms with Gasteiger partial charge in [0.15, 0.2) is 23.0 Å². The lowest BCUT2D eigenvalue weighted by molar-refractivity contribution is 0.0264. The number of fused-ring (bicyclic) bond motifs is 5. The van der Waals surface area contributed by atoms with Crippen LogP contribution in [0, 0.1) is 0 Å². The fourth-order valence-corrected chi connectivity index (χ4v) is 9.00. The van der Waals surface area contributed by atoms with Gasteiger partial charge in [0.25, 0.3) is 11.8 Å². The summed E-state index contributed by atoms with van der Waals surface area (Å²) in [5.41, 5.74) is 8.93. The molecule has 8 rings (SSSR count). The Kier molecular flexibility index (Phi) is 15.6. The standard InChI is InChI=1S/C53H61N5O9/c1-6-7-17-56(19-20-64-23-24-65-22-21-61-3)40-26-36(34-66-50-31-44(54-2)42(29-48(50)62-4)52(59)57-18-16-38-12-8-10-14-46(38)57)25-37(27-40)35-67-51-32-45-43(30-49(51)63-5)53(60)58-41(33-55-45)28-39-13-9-11-15-47(39)58/h8-15,25-27,29-32,41,55H,2,6-7,16-24,28,33-35H2,1,3-5H3. The monoisotopic (exact) mass is 911 g/mol. The first-order chi connectivity index (χ1) is 32.8. The van der Waals surface area contributed by atoms with E-state index in [2.05, 4.69) is 53.1 Å². The van der Waals surface area contributed by atoms with Crippen LogP contribution in [0.1, 0.15) is 62.7 Å². The number of aliphatic imine (C=N–C) groups is 1. The van der Waals surface area contributed by atoms with Gasteiger partial charge < -0.3 is 53.2 Å². The molecular weight excluding hydrogens is 851 g/mol. The van der Waals surface area contributed by atoms with Gasteiger partial charge in [0, 0.05) is 62.5 Å². The molecule has 1 atom stereocenters. The van der Waals surface area contributed by atoms with Crippen molar-refractivity contribution in [1.82, 2.24) is 0 Å². The van der Waals surface area contributed by atoms with Gasteiger partial charge in [-0.2, -0.15) is 0 Å². The maximum atomic E-state index is 14.1. The van der Waals surface area contributed by atoms with E-state index in [4.69, 9.17) is 33.2 Å². The first kappa shape index (κ1) is 46.9. The van der Waals surface area contributed by atoms with E-state index in [1.807, 2.05) is 53.4 Å². The number of benzene rings is 5. The summed E-state index contributed by atoms with van der Waals surface area (Å²) in [6.07, 6.45) is 3.57. The minimum Gasteiger partial charge on any atom is -0.493 e. The Hall–Kier alpha value is -6.61. The second kappa shape index (κ2) is 22.3. The third kappa shape index (κ3) is 10.7. The van der Waals surface area contributed by atoms with Crippen LogP contribution in [0.5, 0.6) is 23.0 Å². The van der Waals surface area contributed by atoms with Crippen molar-refractivity contribution in [1.29, 1.82) is 0 Å². The predicted octanol–water partition coefficient (Wildman–Crippen LogP) is 8.68. The second-order valence-electron chi connectivity index (χ2n) is 16.7. The maximum Gasteiger partial charge on any atom is 0.260 e. The number of carbonyl (C=O) groups is 2. The van der Waals surface area contributed by atoms with E-state index in [9.17, 15) is 9.59 Å². The highest BCUT2D eigenvalue weighted by atomic mass is 16.5. The molecule has 5 aromatic carbocycles. The van der Waals surface area contributed by atoms with Gasteiger partial charge in [-0.3, -0.25) is 14.6 Å². The molecule has 0 saturated heterocycles. The van der Waals surface area contributed by atoms with E-state index < -0.39 is 0 Å². The molecule has 2 amide bonds. The Morgan fingerprint density at radius 3 is 2.16 bits per heavy atom. The van der Waals surface area contributed by atoms with Crippen molar-refractivity contribution in [3.05, 3.63) is 124 Å². The zero-order chi connectivity index (χ0) is 46.7. The summed E-state index contributed by atoms with van der Waals surface area (Å²) in [6, 6.07) is 29.4. The van der Waals surface area contributed by atoms with Crippen LogP contribution in [0.15, 0.2) is 96.0 Å². The van der Waals surface area contributed by atoms with E-state index in [1.54, 1.807) is 44.4 Å². The number of nitrogens with zero attached hydrogens (tertiary/aromatic N) is 4. The number of nitrogens with one attached hydrogen (secondary N) is 1. The first-order valence-electron chi connectivity index (χ1n) is 23.1. The van der Waals surface area contributed by atoms with Crippen LogP contribution in [-0.2, 0) is 40.3 Å². The van der Waals surface area contributed by atoms with Gasteiger partial charge in [0.2, 0.25) is 0 Å². The summed E-state index contributed by atoms with van der Waals surface area (Å²) in [5.74, 6) is 1.56. The molecule has 14 nitrogen and oxygen atoms in total. The fraction of sp³-hybridized carbons (Fsp3) is 0.377. The van der Waals surface area contributed by atoms with E-state index in [0.717, 1.165) is 66.0 Å². The van der Waals surface area contributed by atoms with Crippen molar-refractivity contribution < 1.29 is 42.7 Å². The summed E-state index contributed by atoms with van der Waals surface area (Å²) in [7, 11) is 4.80. The molecule has 5 aromatic rings. The number of unbranched alkanes of at least 4 members (excludes halogenated alkanes) is 1.